The van der Waals surface area contributed by atoms with E-state index in [2.05, 4.69) is 4.90 Å². The van der Waals surface area contributed by atoms with Crippen LogP contribution in [0.15, 0.2) is 48.1 Å². The lowest BCUT2D eigenvalue weighted by atomic mass is 9.97. The third kappa shape index (κ3) is 7.20. The second-order valence-electron chi connectivity index (χ2n) is 5.78. The zero-order valence-corrected chi connectivity index (χ0v) is 16.4. The van der Waals surface area contributed by atoms with E-state index in [0.717, 1.165) is 11.3 Å². The van der Waals surface area contributed by atoms with Gasteiger partial charge in [-0.25, -0.2) is 5.48 Å². The van der Waals surface area contributed by atoms with Crippen molar-refractivity contribution in [2.75, 3.05) is 29.7 Å². The molecule has 0 aromatic heterocycles. The maximum atomic E-state index is 12.6. The molecule has 1 atom stereocenters. The van der Waals surface area contributed by atoms with Crippen LogP contribution in [0.2, 0.25) is 0 Å². The number of carbonyl (C=O) groups excluding carboxylic acids is 2. The number of alkyl halides is 2. The highest BCUT2D eigenvalue weighted by Gasteiger charge is 2.14. The summed E-state index contributed by atoms with van der Waals surface area (Å²) < 4.78 is 0. The largest absolute Gasteiger partial charge is 0.369 e. The van der Waals surface area contributed by atoms with Crippen molar-refractivity contribution in [3.63, 3.8) is 0 Å². The minimum Gasteiger partial charge on any atom is -0.369 e. The number of anilines is 1. The fourth-order valence-corrected chi connectivity index (χ4v) is 2.85. The van der Waals surface area contributed by atoms with Crippen LogP contribution in [0.1, 0.15) is 24.2 Å². The van der Waals surface area contributed by atoms with Crippen molar-refractivity contribution < 1.29 is 14.8 Å². The van der Waals surface area contributed by atoms with E-state index in [-0.39, 0.29) is 11.7 Å². The summed E-state index contributed by atoms with van der Waals surface area (Å²) in [6.45, 7) is 4.96. The fourth-order valence-electron chi connectivity index (χ4n) is 2.44. The first-order valence-corrected chi connectivity index (χ1v) is 9.31. The molecule has 2 N–H and O–H groups in total. The van der Waals surface area contributed by atoms with E-state index in [9.17, 15) is 9.59 Å². The van der Waals surface area contributed by atoms with Crippen LogP contribution >= 0.6 is 23.2 Å². The third-order valence-electron chi connectivity index (χ3n) is 3.76. The zero-order valence-electron chi connectivity index (χ0n) is 14.9. The van der Waals surface area contributed by atoms with Crippen LogP contribution in [0.4, 0.5) is 5.69 Å². The van der Waals surface area contributed by atoms with Gasteiger partial charge in [0.25, 0.3) is 5.91 Å². The van der Waals surface area contributed by atoms with Gasteiger partial charge in [0.15, 0.2) is 5.78 Å². The highest BCUT2D eigenvalue weighted by molar-refractivity contribution is 6.18. The van der Waals surface area contributed by atoms with Crippen molar-refractivity contribution in [1.82, 2.24) is 5.48 Å². The fraction of sp³-hybridized carbons (Fsp3) is 0.368. The molecule has 0 saturated heterocycles. The van der Waals surface area contributed by atoms with Crippen molar-refractivity contribution in [2.24, 2.45) is 5.92 Å². The number of hydroxylamine groups is 1. The number of nitrogens with one attached hydrogen (secondary N) is 1. The van der Waals surface area contributed by atoms with Gasteiger partial charge in [0.1, 0.15) is 0 Å². The predicted molar refractivity (Wildman–Crippen MR) is 106 cm³/mol. The van der Waals surface area contributed by atoms with Crippen molar-refractivity contribution >= 4 is 40.6 Å². The molecular weight excluding hydrogens is 375 g/mol. The van der Waals surface area contributed by atoms with Gasteiger partial charge < -0.3 is 4.90 Å². The Bertz CT molecular complexity index is 651. The van der Waals surface area contributed by atoms with Crippen LogP contribution < -0.4 is 10.4 Å². The summed E-state index contributed by atoms with van der Waals surface area (Å²) in [6, 6.07) is 7.37. The molecule has 1 aromatic carbocycles. The maximum Gasteiger partial charge on any atom is 0.267 e. The number of hydrogen-bond acceptors (Lipinski definition) is 4. The average molecular weight is 399 g/mol. The highest BCUT2D eigenvalue weighted by Crippen LogP contribution is 2.19. The molecule has 26 heavy (non-hydrogen) atoms. The van der Waals surface area contributed by atoms with E-state index in [1.807, 2.05) is 12.1 Å². The molecule has 1 amide bonds. The van der Waals surface area contributed by atoms with Gasteiger partial charge in [0.2, 0.25) is 0 Å². The summed E-state index contributed by atoms with van der Waals surface area (Å²) in [5.41, 5.74) is 3.85. The first-order chi connectivity index (χ1) is 12.4. The summed E-state index contributed by atoms with van der Waals surface area (Å²) in [5.74, 6) is 0.0217. The molecule has 1 unspecified atom stereocenters. The van der Waals surface area contributed by atoms with Gasteiger partial charge in [-0.05, 0) is 31.2 Å². The molecular formula is C19H24Cl2N2O3. The normalized spacial score (nSPS) is 12.9. The van der Waals surface area contributed by atoms with Gasteiger partial charge in [-0.1, -0.05) is 24.6 Å². The maximum absolute atomic E-state index is 12.6. The Kier molecular flexibility index (Phi) is 10.0. The minimum atomic E-state index is -0.620. The monoisotopic (exact) mass is 398 g/mol. The molecule has 0 heterocycles. The molecule has 0 aliphatic carbocycles. The van der Waals surface area contributed by atoms with Gasteiger partial charge in [-0.15, -0.1) is 23.2 Å². The number of carbonyl (C=O) groups is 2. The zero-order chi connectivity index (χ0) is 19.5. The van der Waals surface area contributed by atoms with Crippen LogP contribution in [0, 0.1) is 5.92 Å². The van der Waals surface area contributed by atoms with Crippen LogP contribution in [0.5, 0.6) is 0 Å². The molecule has 0 saturated carbocycles. The van der Waals surface area contributed by atoms with Gasteiger partial charge >= 0.3 is 0 Å². The standard InChI is InChI=1S/C19H24Cl2N2O3/c1-14(3-8-18(24)22-26)13-15(2)19(25)16-4-6-17(7-5-16)23(11-9-20)12-10-21/h3-8,13,15,26H,9-12H2,1-2H3,(H,22,24)/b8-3+,14-13+. The summed E-state index contributed by atoms with van der Waals surface area (Å²) in [7, 11) is 0. The van der Waals surface area contributed by atoms with Crippen molar-refractivity contribution in [2.45, 2.75) is 13.8 Å². The molecule has 1 rings (SSSR count). The lowest BCUT2D eigenvalue weighted by Gasteiger charge is -2.23. The number of allylic oxidation sites excluding steroid dienone is 3. The first kappa shape index (κ1) is 22.2. The third-order valence-corrected chi connectivity index (χ3v) is 4.10. The van der Waals surface area contributed by atoms with E-state index in [0.29, 0.717) is 30.4 Å². The van der Waals surface area contributed by atoms with Crippen LogP contribution in [-0.4, -0.2) is 41.7 Å². The molecule has 0 aliphatic heterocycles. The number of nitrogens with zero attached hydrogens (tertiary/aromatic N) is 1. The van der Waals surface area contributed by atoms with E-state index < -0.39 is 5.91 Å². The summed E-state index contributed by atoms with van der Waals surface area (Å²) >= 11 is 11.6. The Morgan fingerprint density at radius 1 is 1.15 bits per heavy atom. The van der Waals surface area contributed by atoms with Crippen molar-refractivity contribution in [3.8, 4) is 0 Å². The Hall–Kier alpha value is -1.82. The Morgan fingerprint density at radius 3 is 2.23 bits per heavy atom. The summed E-state index contributed by atoms with van der Waals surface area (Å²) in [5, 5.41) is 8.45. The lowest BCUT2D eigenvalue weighted by Crippen LogP contribution is -2.27. The van der Waals surface area contributed by atoms with Crippen molar-refractivity contribution in [3.05, 3.63) is 53.6 Å². The molecule has 5 nitrogen and oxygen atoms in total. The van der Waals surface area contributed by atoms with Gasteiger partial charge in [0, 0.05) is 48.1 Å². The molecule has 7 heteroatoms. The van der Waals surface area contributed by atoms with E-state index >= 15 is 0 Å². The average Bonchev–Trinajstić information content (AvgIpc) is 2.65. The van der Waals surface area contributed by atoms with Gasteiger partial charge in [-0.2, -0.15) is 0 Å². The molecule has 1 aromatic rings. The number of Topliss-reactive ketones (excluding diaryl/α,β-unsaturated/α-hetero) is 1. The second-order valence-corrected chi connectivity index (χ2v) is 6.54. The number of hydrogen-bond donors (Lipinski definition) is 2. The lowest BCUT2D eigenvalue weighted by molar-refractivity contribution is -0.124. The Balaban J connectivity index is 2.83. The number of benzene rings is 1. The summed E-state index contributed by atoms with van der Waals surface area (Å²) in [6.07, 6.45) is 4.50. The van der Waals surface area contributed by atoms with E-state index in [4.69, 9.17) is 28.4 Å². The molecule has 0 fully saturated rings. The summed E-state index contributed by atoms with van der Waals surface area (Å²) in [4.78, 5) is 25.6. The SMILES string of the molecule is CC(/C=C/C(=O)NO)=C\C(C)C(=O)c1ccc(N(CCCl)CCCl)cc1. The highest BCUT2D eigenvalue weighted by atomic mass is 35.5. The van der Waals surface area contributed by atoms with Crippen LogP contribution in [-0.2, 0) is 4.79 Å². The Morgan fingerprint density at radius 2 is 1.73 bits per heavy atom. The minimum absolute atomic E-state index is 0.0165. The molecule has 142 valence electrons. The van der Waals surface area contributed by atoms with Crippen LogP contribution in [0.3, 0.4) is 0 Å². The smallest absolute Gasteiger partial charge is 0.267 e. The molecule has 0 bridgehead atoms. The van der Waals surface area contributed by atoms with E-state index in [1.165, 1.54) is 17.6 Å². The number of halogens is 2. The molecule has 0 aliphatic rings. The molecule has 0 radical (unpaired) electrons. The first-order valence-electron chi connectivity index (χ1n) is 8.24. The number of amides is 1. The van der Waals surface area contributed by atoms with Crippen LogP contribution in [0.25, 0.3) is 0 Å². The second kappa shape index (κ2) is 11.7. The van der Waals surface area contributed by atoms with Gasteiger partial charge in [0.05, 0.1) is 0 Å². The topological polar surface area (TPSA) is 69.6 Å². The quantitative estimate of drug-likeness (QED) is 0.157. The van der Waals surface area contributed by atoms with E-state index in [1.54, 1.807) is 32.1 Å². The number of rotatable bonds is 10. The molecule has 0 spiro atoms. The predicted octanol–water partition coefficient (Wildman–Crippen LogP) is 3.80. The van der Waals surface area contributed by atoms with Crippen molar-refractivity contribution in [1.29, 1.82) is 0 Å². The number of ketones is 1. The Labute approximate surface area is 164 Å². The van der Waals surface area contributed by atoms with Gasteiger partial charge in [-0.3, -0.25) is 14.8 Å².